The van der Waals surface area contributed by atoms with E-state index in [1.807, 2.05) is 25.1 Å². The maximum absolute atomic E-state index is 13.9. The molecule has 27 heavy (non-hydrogen) atoms. The highest BCUT2D eigenvalue weighted by Gasteiger charge is 2.50. The van der Waals surface area contributed by atoms with Crippen LogP contribution in [-0.4, -0.2) is 20.7 Å². The highest BCUT2D eigenvalue weighted by Crippen LogP contribution is 2.47. The summed E-state index contributed by atoms with van der Waals surface area (Å²) in [5.41, 5.74) is 0.537. The number of benzene rings is 2. The summed E-state index contributed by atoms with van der Waals surface area (Å²) in [6, 6.07) is 13.2. The molecule has 6 nitrogen and oxygen atoms in total. The molecule has 0 aliphatic carbocycles. The Morgan fingerprint density at radius 1 is 1.11 bits per heavy atom. The number of hydrogen-bond acceptors (Lipinski definition) is 4. The van der Waals surface area contributed by atoms with Gasteiger partial charge >= 0.3 is 0 Å². The van der Waals surface area contributed by atoms with Crippen LogP contribution in [0.4, 0.5) is 10.1 Å². The SMILES string of the molecule is CC12CCC(=O)N1c1ccc(F)cc1-c1nc(=O)c(-c3ccccc3)nn12. The molecule has 1 saturated heterocycles. The minimum Gasteiger partial charge on any atom is -0.286 e. The Morgan fingerprint density at radius 2 is 1.89 bits per heavy atom. The van der Waals surface area contributed by atoms with Gasteiger partial charge in [-0.05, 0) is 25.1 Å². The molecule has 1 unspecified atom stereocenters. The first-order chi connectivity index (χ1) is 13.0. The van der Waals surface area contributed by atoms with Crippen molar-refractivity contribution >= 4 is 11.6 Å². The van der Waals surface area contributed by atoms with E-state index in [9.17, 15) is 14.0 Å². The maximum atomic E-state index is 13.9. The average Bonchev–Trinajstić information content (AvgIpc) is 2.98. The molecule has 7 heteroatoms. The Hall–Kier alpha value is -3.35. The van der Waals surface area contributed by atoms with Crippen LogP contribution in [0.25, 0.3) is 22.6 Å². The van der Waals surface area contributed by atoms with Crippen molar-refractivity contribution in [2.75, 3.05) is 4.90 Å². The quantitative estimate of drug-likeness (QED) is 0.668. The molecule has 3 aromatic rings. The number of halogens is 1. The first-order valence-corrected chi connectivity index (χ1v) is 8.69. The Labute approximate surface area is 153 Å². The van der Waals surface area contributed by atoms with E-state index in [2.05, 4.69) is 10.1 Å². The van der Waals surface area contributed by atoms with Crippen LogP contribution in [0, 0.1) is 5.82 Å². The molecule has 0 spiro atoms. The summed E-state index contributed by atoms with van der Waals surface area (Å²) in [4.78, 5) is 31.2. The first kappa shape index (κ1) is 15.9. The molecule has 0 saturated carbocycles. The Morgan fingerprint density at radius 3 is 2.67 bits per heavy atom. The van der Waals surface area contributed by atoms with Crippen molar-refractivity contribution in [3.8, 4) is 22.6 Å². The van der Waals surface area contributed by atoms with Crippen LogP contribution in [0.5, 0.6) is 0 Å². The monoisotopic (exact) mass is 362 g/mol. The topological polar surface area (TPSA) is 68.1 Å². The van der Waals surface area contributed by atoms with Crippen molar-refractivity contribution in [1.29, 1.82) is 0 Å². The van der Waals surface area contributed by atoms with E-state index >= 15 is 0 Å². The Balaban J connectivity index is 1.85. The lowest BCUT2D eigenvalue weighted by Crippen LogP contribution is -2.51. The van der Waals surface area contributed by atoms with Crippen molar-refractivity contribution in [2.45, 2.75) is 25.4 Å². The molecule has 3 heterocycles. The zero-order valence-corrected chi connectivity index (χ0v) is 14.5. The van der Waals surface area contributed by atoms with Gasteiger partial charge in [-0.15, -0.1) is 0 Å². The van der Waals surface area contributed by atoms with Gasteiger partial charge in [0.15, 0.2) is 11.5 Å². The predicted molar refractivity (Wildman–Crippen MR) is 97.5 cm³/mol. The first-order valence-electron chi connectivity index (χ1n) is 8.69. The number of rotatable bonds is 1. The molecular formula is C20H15FN4O2. The van der Waals surface area contributed by atoms with Crippen LogP contribution in [0.1, 0.15) is 19.8 Å². The summed E-state index contributed by atoms with van der Waals surface area (Å²) in [6.45, 7) is 1.89. The average molecular weight is 362 g/mol. The van der Waals surface area contributed by atoms with Crippen LogP contribution >= 0.6 is 0 Å². The number of anilines is 1. The van der Waals surface area contributed by atoms with Gasteiger partial charge in [-0.1, -0.05) is 30.3 Å². The Kier molecular flexibility index (Phi) is 3.13. The lowest BCUT2D eigenvalue weighted by atomic mass is 10.0. The van der Waals surface area contributed by atoms with E-state index in [0.29, 0.717) is 29.7 Å². The predicted octanol–water partition coefficient (Wildman–Crippen LogP) is 2.92. The fourth-order valence-corrected chi connectivity index (χ4v) is 3.99. The highest BCUT2D eigenvalue weighted by molar-refractivity contribution is 6.01. The third-order valence-electron chi connectivity index (χ3n) is 5.30. The molecule has 0 radical (unpaired) electrons. The van der Waals surface area contributed by atoms with E-state index in [1.165, 1.54) is 12.1 Å². The number of carbonyl (C=O) groups excluding carboxylic acids is 1. The second kappa shape index (κ2) is 5.33. The number of nitrogens with zero attached hydrogens (tertiary/aromatic N) is 4. The summed E-state index contributed by atoms with van der Waals surface area (Å²) in [5.74, 6) is -0.239. The molecule has 2 aliphatic rings. The minimum atomic E-state index is -0.790. The maximum Gasteiger partial charge on any atom is 0.300 e. The van der Waals surface area contributed by atoms with Gasteiger partial charge in [-0.2, -0.15) is 10.1 Å². The summed E-state index contributed by atoms with van der Waals surface area (Å²) in [7, 11) is 0. The Bertz CT molecular complexity index is 1160. The fourth-order valence-electron chi connectivity index (χ4n) is 3.99. The molecular weight excluding hydrogens is 347 g/mol. The van der Waals surface area contributed by atoms with Crippen LogP contribution in [0.15, 0.2) is 53.3 Å². The molecule has 2 aromatic carbocycles. The van der Waals surface area contributed by atoms with E-state index in [4.69, 9.17) is 0 Å². The van der Waals surface area contributed by atoms with Gasteiger partial charge in [0.1, 0.15) is 11.5 Å². The number of amides is 1. The molecule has 0 bridgehead atoms. The smallest absolute Gasteiger partial charge is 0.286 e. The lowest BCUT2D eigenvalue weighted by Gasteiger charge is -2.42. The zero-order chi connectivity index (χ0) is 18.8. The van der Waals surface area contributed by atoms with Crippen molar-refractivity contribution in [3.63, 3.8) is 0 Å². The van der Waals surface area contributed by atoms with Crippen molar-refractivity contribution in [1.82, 2.24) is 14.8 Å². The molecule has 2 aliphatic heterocycles. The molecule has 134 valence electrons. The number of fused-ring (bicyclic) bond motifs is 6. The standard InChI is InChI=1S/C20H15FN4O2/c1-20-10-9-16(26)24(20)15-8-7-13(21)11-14(15)18-22-19(27)17(23-25(18)20)12-5-3-2-4-6-12/h2-8,11H,9-10H2,1H3. The van der Waals surface area contributed by atoms with Gasteiger partial charge < -0.3 is 0 Å². The number of hydrogen-bond donors (Lipinski definition) is 0. The van der Waals surface area contributed by atoms with Crippen molar-refractivity contribution in [2.24, 2.45) is 0 Å². The third-order valence-corrected chi connectivity index (χ3v) is 5.30. The summed E-state index contributed by atoms with van der Waals surface area (Å²) in [6.07, 6.45) is 0.878. The molecule has 1 aromatic heterocycles. The van der Waals surface area contributed by atoms with Crippen LogP contribution in [0.2, 0.25) is 0 Å². The van der Waals surface area contributed by atoms with E-state index in [0.717, 1.165) is 0 Å². The third kappa shape index (κ3) is 2.11. The van der Waals surface area contributed by atoms with E-state index in [1.54, 1.807) is 27.8 Å². The summed E-state index contributed by atoms with van der Waals surface area (Å²) < 4.78 is 15.5. The minimum absolute atomic E-state index is 0.0576. The van der Waals surface area contributed by atoms with Gasteiger partial charge in [-0.25, -0.2) is 9.07 Å². The van der Waals surface area contributed by atoms with Crippen molar-refractivity contribution in [3.05, 3.63) is 64.7 Å². The molecule has 1 atom stereocenters. The van der Waals surface area contributed by atoms with Crippen molar-refractivity contribution < 1.29 is 9.18 Å². The largest absolute Gasteiger partial charge is 0.300 e. The second-order valence-electron chi connectivity index (χ2n) is 6.97. The molecule has 1 fully saturated rings. The summed E-state index contributed by atoms with van der Waals surface area (Å²) >= 11 is 0. The van der Waals surface area contributed by atoms with E-state index in [-0.39, 0.29) is 17.4 Å². The lowest BCUT2D eigenvalue weighted by molar-refractivity contribution is -0.117. The van der Waals surface area contributed by atoms with Crippen LogP contribution in [-0.2, 0) is 10.5 Å². The molecule has 5 rings (SSSR count). The van der Waals surface area contributed by atoms with Crippen LogP contribution in [0.3, 0.4) is 0 Å². The molecule has 1 amide bonds. The van der Waals surface area contributed by atoms with Crippen LogP contribution < -0.4 is 10.5 Å². The summed E-state index contributed by atoms with van der Waals surface area (Å²) in [5, 5.41) is 4.59. The van der Waals surface area contributed by atoms with E-state index < -0.39 is 17.0 Å². The second-order valence-corrected chi connectivity index (χ2v) is 6.97. The van der Waals surface area contributed by atoms with Gasteiger partial charge in [0.2, 0.25) is 5.91 Å². The van der Waals surface area contributed by atoms with Gasteiger partial charge in [-0.3, -0.25) is 14.5 Å². The normalized spacial score (nSPS) is 20.2. The molecule has 0 N–H and O–H groups in total. The fraction of sp³-hybridized carbons (Fsp3) is 0.200. The number of carbonyl (C=O) groups is 1. The zero-order valence-electron chi connectivity index (χ0n) is 14.5. The highest BCUT2D eigenvalue weighted by atomic mass is 19.1. The number of aromatic nitrogens is 3. The van der Waals surface area contributed by atoms with Gasteiger partial charge in [0, 0.05) is 24.0 Å². The van der Waals surface area contributed by atoms with Gasteiger partial charge in [0.05, 0.1) is 5.69 Å². The van der Waals surface area contributed by atoms with Gasteiger partial charge in [0.25, 0.3) is 5.56 Å².